The lowest BCUT2D eigenvalue weighted by atomic mass is 9.67. The number of benzene rings is 2. The van der Waals surface area contributed by atoms with E-state index in [2.05, 4.69) is 48.0 Å². The third kappa shape index (κ3) is 3.30. The molecule has 5 nitrogen and oxygen atoms in total. The van der Waals surface area contributed by atoms with Crippen molar-refractivity contribution >= 4 is 16.9 Å². The minimum atomic E-state index is -0.872. The fraction of sp³-hybridized carbons (Fsp3) is 0.444. The molecule has 5 rings (SSSR count). The van der Waals surface area contributed by atoms with Crippen molar-refractivity contribution in [1.82, 2.24) is 9.88 Å². The zero-order valence-corrected chi connectivity index (χ0v) is 19.1. The molecule has 2 saturated heterocycles. The number of aromatic nitrogens is 1. The maximum absolute atomic E-state index is 11.4. The quantitative estimate of drug-likeness (QED) is 0.530. The molecular formula is C27H32N2O3. The molecule has 0 amide bonds. The third-order valence-electron chi connectivity index (χ3n) is 7.81. The van der Waals surface area contributed by atoms with E-state index in [0.717, 1.165) is 25.1 Å². The van der Waals surface area contributed by atoms with E-state index in [1.54, 1.807) is 19.2 Å². The van der Waals surface area contributed by atoms with Crippen LogP contribution in [0, 0.1) is 12.8 Å². The number of H-pyrrole nitrogens is 1. The van der Waals surface area contributed by atoms with Gasteiger partial charge in [-0.1, -0.05) is 19.1 Å². The van der Waals surface area contributed by atoms with Crippen LogP contribution in [0.15, 0.2) is 42.6 Å². The van der Waals surface area contributed by atoms with Crippen LogP contribution >= 0.6 is 0 Å². The second-order valence-electron chi connectivity index (χ2n) is 9.77. The summed E-state index contributed by atoms with van der Waals surface area (Å²) >= 11 is 0. The van der Waals surface area contributed by atoms with Crippen molar-refractivity contribution in [3.8, 4) is 5.75 Å². The zero-order chi connectivity index (χ0) is 22.5. The largest absolute Gasteiger partial charge is 0.496 e. The van der Waals surface area contributed by atoms with Crippen LogP contribution in [0.25, 0.3) is 10.9 Å². The Morgan fingerprint density at radius 1 is 1.28 bits per heavy atom. The first-order valence-electron chi connectivity index (χ1n) is 11.7. The van der Waals surface area contributed by atoms with Crippen LogP contribution in [-0.2, 0) is 12.1 Å². The van der Waals surface area contributed by atoms with E-state index in [-0.39, 0.29) is 5.54 Å². The van der Waals surface area contributed by atoms with Crippen molar-refractivity contribution in [2.75, 3.05) is 7.11 Å². The van der Waals surface area contributed by atoms with Gasteiger partial charge in [0, 0.05) is 40.8 Å². The third-order valence-corrected chi connectivity index (χ3v) is 7.81. The first-order valence-corrected chi connectivity index (χ1v) is 11.7. The molecule has 2 aliphatic heterocycles. The summed E-state index contributed by atoms with van der Waals surface area (Å²) in [6.07, 6.45) is 7.84. The van der Waals surface area contributed by atoms with Gasteiger partial charge in [0.2, 0.25) is 0 Å². The molecule has 3 heterocycles. The predicted octanol–water partition coefficient (Wildman–Crippen LogP) is 5.86. The fourth-order valence-electron chi connectivity index (χ4n) is 6.45. The van der Waals surface area contributed by atoms with Gasteiger partial charge in [-0.2, -0.15) is 0 Å². The molecule has 2 N–H and O–H groups in total. The minimum Gasteiger partial charge on any atom is -0.496 e. The summed E-state index contributed by atoms with van der Waals surface area (Å²) in [6, 6.07) is 12.5. The second kappa shape index (κ2) is 7.96. The van der Waals surface area contributed by atoms with E-state index < -0.39 is 5.97 Å². The van der Waals surface area contributed by atoms with Crippen molar-refractivity contribution in [1.29, 1.82) is 0 Å². The Morgan fingerprint density at radius 2 is 2.06 bits per heavy atom. The van der Waals surface area contributed by atoms with Gasteiger partial charge in [0.25, 0.3) is 0 Å². The van der Waals surface area contributed by atoms with Gasteiger partial charge in [0.1, 0.15) is 5.75 Å². The number of hydrogen-bond donors (Lipinski definition) is 2. The molecule has 0 spiro atoms. The molecule has 3 aromatic rings. The van der Waals surface area contributed by atoms with Crippen LogP contribution in [0.5, 0.6) is 5.75 Å². The van der Waals surface area contributed by atoms with E-state index in [1.807, 2.05) is 6.20 Å². The lowest BCUT2D eigenvalue weighted by Gasteiger charge is -2.57. The van der Waals surface area contributed by atoms with Gasteiger partial charge in [-0.25, -0.2) is 4.79 Å². The molecule has 2 aromatic carbocycles. The Morgan fingerprint density at radius 3 is 2.78 bits per heavy atom. The van der Waals surface area contributed by atoms with Crippen LogP contribution in [0.3, 0.4) is 0 Å². The van der Waals surface area contributed by atoms with E-state index in [0.29, 0.717) is 17.5 Å². The fourth-order valence-corrected chi connectivity index (χ4v) is 6.45. The predicted molar refractivity (Wildman–Crippen MR) is 126 cm³/mol. The number of nitrogens with zero attached hydrogens (tertiary/aromatic N) is 1. The highest BCUT2D eigenvalue weighted by molar-refractivity contribution is 5.88. The Hall–Kier alpha value is -2.79. The van der Waals surface area contributed by atoms with Gasteiger partial charge in [0.05, 0.1) is 12.7 Å². The van der Waals surface area contributed by atoms with E-state index >= 15 is 0 Å². The number of nitrogens with one attached hydrogen (secondary N) is 1. The van der Waals surface area contributed by atoms with Crippen molar-refractivity contribution in [3.63, 3.8) is 0 Å². The van der Waals surface area contributed by atoms with Gasteiger partial charge >= 0.3 is 5.97 Å². The van der Waals surface area contributed by atoms with Gasteiger partial charge in [0.15, 0.2) is 0 Å². The summed E-state index contributed by atoms with van der Waals surface area (Å²) in [5, 5.41) is 10.6. The maximum atomic E-state index is 11.4. The van der Waals surface area contributed by atoms with Gasteiger partial charge < -0.3 is 14.8 Å². The van der Waals surface area contributed by atoms with Crippen molar-refractivity contribution in [3.05, 3.63) is 64.8 Å². The number of carbonyl (C=O) groups is 1. The number of rotatable bonds is 5. The SMILES string of the molecule is COc1cc(C)c2[nH]ccc2c1CN1[C@@H]2CCCC1(c1ccc(C(=O)O)cc1)C[C@H](C)C2. The Kier molecular flexibility index (Phi) is 5.25. The van der Waals surface area contributed by atoms with Crippen molar-refractivity contribution < 1.29 is 14.6 Å². The number of piperidine rings is 2. The maximum Gasteiger partial charge on any atom is 0.335 e. The van der Waals surface area contributed by atoms with Gasteiger partial charge in [-0.05, 0) is 80.3 Å². The van der Waals surface area contributed by atoms with Gasteiger partial charge in [-0.3, -0.25) is 4.90 Å². The first-order chi connectivity index (χ1) is 15.4. The summed E-state index contributed by atoms with van der Waals surface area (Å²) in [5.74, 6) is 0.717. The average Bonchev–Trinajstić information content (AvgIpc) is 3.26. The molecule has 168 valence electrons. The standard InChI is InChI=1S/C27H32N2O3/c1-17-13-21-5-4-11-27(15-17,20-8-6-19(7-9-20)26(30)31)29(21)16-23-22-10-12-28-25(22)18(2)14-24(23)32-3/h6-10,12,14,17,21,28H,4-5,11,13,15-16H2,1-3H3,(H,30,31)/t17-,21-,27?/m1/s1. The summed E-state index contributed by atoms with van der Waals surface area (Å²) in [4.78, 5) is 17.5. The van der Waals surface area contributed by atoms with E-state index in [1.165, 1.54) is 46.9 Å². The molecule has 0 saturated carbocycles. The number of carboxylic acids is 1. The zero-order valence-electron chi connectivity index (χ0n) is 19.1. The van der Waals surface area contributed by atoms with Crippen LogP contribution < -0.4 is 4.74 Å². The molecule has 2 fully saturated rings. The van der Waals surface area contributed by atoms with Crippen LogP contribution in [0.1, 0.15) is 66.1 Å². The Labute approximate surface area is 189 Å². The lowest BCUT2D eigenvalue weighted by molar-refractivity contribution is -0.0698. The summed E-state index contributed by atoms with van der Waals surface area (Å²) in [7, 11) is 1.76. The number of carboxylic acid groups (broad SMARTS) is 1. The molecule has 5 heteroatoms. The number of aromatic carboxylic acids is 1. The molecule has 2 bridgehead atoms. The normalized spacial score (nSPS) is 25.7. The van der Waals surface area contributed by atoms with E-state index in [4.69, 9.17) is 4.74 Å². The molecule has 0 aliphatic carbocycles. The molecule has 3 atom stereocenters. The highest BCUT2D eigenvalue weighted by Gasteiger charge is 2.49. The Balaban J connectivity index is 1.62. The van der Waals surface area contributed by atoms with Gasteiger partial charge in [-0.15, -0.1) is 0 Å². The summed E-state index contributed by atoms with van der Waals surface area (Å²) in [5.41, 5.74) is 5.13. The Bertz CT molecular complexity index is 1150. The molecule has 0 radical (unpaired) electrons. The molecule has 1 aromatic heterocycles. The number of fused-ring (bicyclic) bond motifs is 3. The molecule has 32 heavy (non-hydrogen) atoms. The molecule has 1 unspecified atom stereocenters. The van der Waals surface area contributed by atoms with E-state index in [9.17, 15) is 9.90 Å². The number of hydrogen-bond acceptors (Lipinski definition) is 3. The highest BCUT2D eigenvalue weighted by atomic mass is 16.5. The average molecular weight is 433 g/mol. The smallest absolute Gasteiger partial charge is 0.335 e. The molecular weight excluding hydrogens is 400 g/mol. The highest BCUT2D eigenvalue weighted by Crippen LogP contribution is 2.51. The number of aromatic amines is 1. The van der Waals surface area contributed by atoms with Crippen LogP contribution in [0.2, 0.25) is 0 Å². The number of ether oxygens (including phenoxy) is 1. The van der Waals surface area contributed by atoms with Crippen LogP contribution in [-0.4, -0.2) is 34.1 Å². The lowest BCUT2D eigenvalue weighted by Crippen LogP contribution is -2.58. The topological polar surface area (TPSA) is 65.6 Å². The summed E-state index contributed by atoms with van der Waals surface area (Å²) < 4.78 is 5.86. The minimum absolute atomic E-state index is 0.0733. The number of aryl methyl sites for hydroxylation is 1. The van der Waals surface area contributed by atoms with Crippen LogP contribution in [0.4, 0.5) is 0 Å². The van der Waals surface area contributed by atoms with Crippen molar-refractivity contribution in [2.24, 2.45) is 5.92 Å². The number of methoxy groups -OCH3 is 1. The monoisotopic (exact) mass is 432 g/mol. The summed E-state index contributed by atoms with van der Waals surface area (Å²) in [6.45, 7) is 5.32. The van der Waals surface area contributed by atoms with Crippen molar-refractivity contribution in [2.45, 2.75) is 64.1 Å². The second-order valence-corrected chi connectivity index (χ2v) is 9.77. The first kappa shape index (κ1) is 21.1. The molecule has 2 aliphatic rings.